The second-order valence-electron chi connectivity index (χ2n) is 5.11. The summed E-state index contributed by atoms with van der Waals surface area (Å²) in [5.74, 6) is 0.688. The lowest BCUT2D eigenvalue weighted by Gasteiger charge is -2.18. The van der Waals surface area contributed by atoms with E-state index in [-0.39, 0.29) is 11.8 Å². The zero-order valence-corrected chi connectivity index (χ0v) is 12.2. The minimum absolute atomic E-state index is 0.122. The standard InChI is InChI=1S/C14H18ClN3O/c1-4-18-11-6-5-9(17-12(16)8-15)7-10(11)14(2,3)13(18)19/h5-7H,4,8H2,1-3H3,(H2,16,17). The van der Waals surface area contributed by atoms with Crippen LogP contribution in [-0.4, -0.2) is 24.2 Å². The minimum atomic E-state index is -0.521. The lowest BCUT2D eigenvalue weighted by Crippen LogP contribution is -2.35. The third kappa shape index (κ3) is 2.21. The Morgan fingerprint density at radius 3 is 2.74 bits per heavy atom. The topological polar surface area (TPSA) is 58.7 Å². The van der Waals surface area contributed by atoms with Crippen molar-refractivity contribution in [2.24, 2.45) is 10.7 Å². The number of fused-ring (bicyclic) bond motifs is 1. The first-order valence-corrected chi connectivity index (χ1v) is 6.80. The molecule has 0 atom stereocenters. The Kier molecular flexibility index (Phi) is 3.54. The molecule has 1 aliphatic heterocycles. The maximum atomic E-state index is 12.3. The van der Waals surface area contributed by atoms with Crippen LogP contribution in [0.25, 0.3) is 0 Å². The van der Waals surface area contributed by atoms with Crippen molar-refractivity contribution < 1.29 is 4.79 Å². The molecule has 4 nitrogen and oxygen atoms in total. The van der Waals surface area contributed by atoms with Gasteiger partial charge in [0, 0.05) is 12.2 Å². The number of aliphatic imine (C=N–C) groups is 1. The fourth-order valence-corrected chi connectivity index (χ4v) is 2.46. The number of amides is 1. The Morgan fingerprint density at radius 2 is 2.16 bits per heavy atom. The molecule has 0 fully saturated rings. The quantitative estimate of drug-likeness (QED) is 0.525. The van der Waals surface area contributed by atoms with Crippen LogP contribution >= 0.6 is 11.6 Å². The highest BCUT2D eigenvalue weighted by Crippen LogP contribution is 2.42. The molecule has 1 aromatic carbocycles. The number of alkyl halides is 1. The molecule has 2 rings (SSSR count). The van der Waals surface area contributed by atoms with E-state index in [4.69, 9.17) is 17.3 Å². The lowest BCUT2D eigenvalue weighted by molar-refractivity contribution is -0.122. The van der Waals surface area contributed by atoms with Gasteiger partial charge in [0.15, 0.2) is 0 Å². The summed E-state index contributed by atoms with van der Waals surface area (Å²) in [6, 6.07) is 5.70. The Hall–Kier alpha value is -1.55. The molecular formula is C14H18ClN3O. The molecule has 1 aromatic rings. The average molecular weight is 280 g/mol. The van der Waals surface area contributed by atoms with Crippen molar-refractivity contribution >= 4 is 34.7 Å². The number of hydrogen-bond donors (Lipinski definition) is 1. The van der Waals surface area contributed by atoms with E-state index in [9.17, 15) is 4.79 Å². The van der Waals surface area contributed by atoms with Crippen molar-refractivity contribution in [3.8, 4) is 0 Å². The number of amidine groups is 1. The van der Waals surface area contributed by atoms with Gasteiger partial charge in [0.25, 0.3) is 0 Å². The summed E-state index contributed by atoms with van der Waals surface area (Å²) >= 11 is 5.63. The summed E-state index contributed by atoms with van der Waals surface area (Å²) in [6.45, 7) is 6.51. The first-order valence-electron chi connectivity index (χ1n) is 6.27. The van der Waals surface area contributed by atoms with Crippen LogP contribution in [0, 0.1) is 0 Å². The van der Waals surface area contributed by atoms with E-state index in [2.05, 4.69) is 4.99 Å². The number of anilines is 1. The number of rotatable bonds is 3. The second kappa shape index (κ2) is 4.85. The highest BCUT2D eigenvalue weighted by atomic mass is 35.5. The van der Waals surface area contributed by atoms with Crippen molar-refractivity contribution in [1.82, 2.24) is 0 Å². The normalized spacial score (nSPS) is 17.8. The Balaban J connectivity index is 2.52. The summed E-state index contributed by atoms with van der Waals surface area (Å²) in [5.41, 5.74) is 7.80. The fourth-order valence-electron chi connectivity index (χ4n) is 2.40. The van der Waals surface area contributed by atoms with Crippen molar-refractivity contribution in [2.75, 3.05) is 17.3 Å². The molecule has 2 N–H and O–H groups in total. The van der Waals surface area contributed by atoms with Gasteiger partial charge in [-0.2, -0.15) is 0 Å². The third-order valence-electron chi connectivity index (χ3n) is 3.45. The predicted molar refractivity (Wildman–Crippen MR) is 79.5 cm³/mol. The molecular weight excluding hydrogens is 262 g/mol. The molecule has 0 saturated carbocycles. The van der Waals surface area contributed by atoms with Gasteiger partial charge < -0.3 is 10.6 Å². The number of likely N-dealkylation sites (N-methyl/N-ethyl adjacent to an activating group) is 1. The predicted octanol–water partition coefficient (Wildman–Crippen LogP) is 2.56. The molecule has 1 amide bonds. The molecule has 0 radical (unpaired) electrons. The maximum absolute atomic E-state index is 12.3. The van der Waals surface area contributed by atoms with Gasteiger partial charge in [-0.25, -0.2) is 4.99 Å². The van der Waals surface area contributed by atoms with E-state index >= 15 is 0 Å². The Labute approximate surface area is 118 Å². The number of halogens is 1. The summed E-state index contributed by atoms with van der Waals surface area (Å²) in [6.07, 6.45) is 0. The molecule has 0 aromatic heterocycles. The van der Waals surface area contributed by atoms with Gasteiger partial charge in [-0.15, -0.1) is 11.6 Å². The van der Waals surface area contributed by atoms with Gasteiger partial charge in [0.2, 0.25) is 5.91 Å². The lowest BCUT2D eigenvalue weighted by atomic mass is 9.86. The number of carbonyl (C=O) groups excluding carboxylic acids is 1. The van der Waals surface area contributed by atoms with E-state index in [1.807, 2.05) is 39.0 Å². The number of nitrogens with two attached hydrogens (primary N) is 1. The number of carbonyl (C=O) groups is 1. The van der Waals surface area contributed by atoms with Gasteiger partial charge in [0.1, 0.15) is 5.84 Å². The van der Waals surface area contributed by atoms with Gasteiger partial charge in [-0.1, -0.05) is 0 Å². The summed E-state index contributed by atoms with van der Waals surface area (Å²) in [7, 11) is 0. The molecule has 0 aliphatic carbocycles. The molecule has 1 aliphatic rings. The minimum Gasteiger partial charge on any atom is -0.386 e. The summed E-state index contributed by atoms with van der Waals surface area (Å²) in [5, 5.41) is 0. The molecule has 19 heavy (non-hydrogen) atoms. The third-order valence-corrected chi connectivity index (χ3v) is 3.72. The van der Waals surface area contributed by atoms with Gasteiger partial charge in [-0.3, -0.25) is 4.79 Å². The second-order valence-corrected chi connectivity index (χ2v) is 5.38. The van der Waals surface area contributed by atoms with Crippen molar-refractivity contribution in [2.45, 2.75) is 26.2 Å². The molecule has 0 bridgehead atoms. The zero-order chi connectivity index (χ0) is 14.2. The fraction of sp³-hybridized carbons (Fsp3) is 0.429. The van der Waals surface area contributed by atoms with Gasteiger partial charge in [0.05, 0.1) is 17.0 Å². The first-order chi connectivity index (χ1) is 8.91. The van der Waals surface area contributed by atoms with Crippen LogP contribution in [0.2, 0.25) is 0 Å². The SMILES string of the molecule is CCN1C(=O)C(C)(C)c2cc(N=C(N)CCl)ccc21. The highest BCUT2D eigenvalue weighted by molar-refractivity contribution is 6.28. The molecule has 5 heteroatoms. The molecule has 0 spiro atoms. The van der Waals surface area contributed by atoms with E-state index < -0.39 is 5.41 Å². The van der Waals surface area contributed by atoms with E-state index in [0.29, 0.717) is 12.4 Å². The summed E-state index contributed by atoms with van der Waals surface area (Å²) < 4.78 is 0. The molecule has 102 valence electrons. The van der Waals surface area contributed by atoms with Gasteiger partial charge >= 0.3 is 0 Å². The maximum Gasteiger partial charge on any atom is 0.237 e. The van der Waals surface area contributed by atoms with Crippen LogP contribution < -0.4 is 10.6 Å². The smallest absolute Gasteiger partial charge is 0.237 e. The number of hydrogen-bond acceptors (Lipinski definition) is 2. The molecule has 1 heterocycles. The van der Waals surface area contributed by atoms with E-state index in [1.165, 1.54) is 0 Å². The Bertz CT molecular complexity index is 552. The van der Waals surface area contributed by atoms with Crippen LogP contribution in [0.4, 0.5) is 11.4 Å². The van der Waals surface area contributed by atoms with Crippen LogP contribution in [0.5, 0.6) is 0 Å². The van der Waals surface area contributed by atoms with Gasteiger partial charge in [-0.05, 0) is 44.5 Å². The van der Waals surface area contributed by atoms with Crippen molar-refractivity contribution in [3.63, 3.8) is 0 Å². The highest BCUT2D eigenvalue weighted by Gasteiger charge is 2.43. The number of benzene rings is 1. The van der Waals surface area contributed by atoms with Crippen molar-refractivity contribution in [3.05, 3.63) is 23.8 Å². The summed E-state index contributed by atoms with van der Waals surface area (Å²) in [4.78, 5) is 18.4. The van der Waals surface area contributed by atoms with Crippen LogP contribution in [0.1, 0.15) is 26.3 Å². The Morgan fingerprint density at radius 1 is 1.47 bits per heavy atom. The molecule has 0 unspecified atom stereocenters. The first kappa shape index (κ1) is 13.9. The van der Waals surface area contributed by atoms with Crippen LogP contribution in [0.3, 0.4) is 0 Å². The monoisotopic (exact) mass is 279 g/mol. The average Bonchev–Trinajstić information content (AvgIpc) is 2.58. The molecule has 0 saturated heterocycles. The van der Waals surface area contributed by atoms with E-state index in [0.717, 1.165) is 16.9 Å². The van der Waals surface area contributed by atoms with Crippen LogP contribution in [0.15, 0.2) is 23.2 Å². The largest absolute Gasteiger partial charge is 0.386 e. The van der Waals surface area contributed by atoms with Crippen molar-refractivity contribution in [1.29, 1.82) is 0 Å². The number of nitrogens with zero attached hydrogens (tertiary/aromatic N) is 2. The zero-order valence-electron chi connectivity index (χ0n) is 11.4. The van der Waals surface area contributed by atoms with Crippen LogP contribution in [-0.2, 0) is 10.2 Å². The van der Waals surface area contributed by atoms with E-state index in [1.54, 1.807) is 4.90 Å².